The zero-order valence-electron chi connectivity index (χ0n) is 8.13. The first-order chi connectivity index (χ1) is 6.01. The molecule has 1 aromatic carbocycles. The van der Waals surface area contributed by atoms with Gasteiger partial charge in [-0.1, -0.05) is 13.8 Å². The number of aromatic hydroxyl groups is 1. The van der Waals surface area contributed by atoms with E-state index >= 15 is 0 Å². The molecule has 1 aliphatic heterocycles. The summed E-state index contributed by atoms with van der Waals surface area (Å²) in [6, 6.07) is 5.34. The summed E-state index contributed by atoms with van der Waals surface area (Å²) < 4.78 is 0. The van der Waals surface area contributed by atoms with Crippen molar-refractivity contribution in [1.29, 1.82) is 0 Å². The van der Waals surface area contributed by atoms with Gasteiger partial charge in [0.15, 0.2) is 0 Å². The van der Waals surface area contributed by atoms with E-state index in [1.165, 1.54) is 0 Å². The molecule has 0 bridgehead atoms. The van der Waals surface area contributed by atoms with Gasteiger partial charge >= 0.3 is 0 Å². The average Bonchev–Trinajstić information content (AvgIpc) is 2.27. The highest BCUT2D eigenvalue weighted by Crippen LogP contribution is 2.41. The molecule has 2 nitrogen and oxygen atoms in total. The summed E-state index contributed by atoms with van der Waals surface area (Å²) in [5.41, 5.74) is 3.17. The number of hydrogen-bond acceptors (Lipinski definition) is 2. The van der Waals surface area contributed by atoms with Gasteiger partial charge in [0.05, 0.1) is 5.69 Å². The van der Waals surface area contributed by atoms with Crippen LogP contribution in [0.25, 0.3) is 0 Å². The molecule has 1 heterocycles. The highest BCUT2D eigenvalue weighted by molar-refractivity contribution is 5.99. The van der Waals surface area contributed by atoms with Crippen LogP contribution in [-0.4, -0.2) is 10.8 Å². The van der Waals surface area contributed by atoms with Crippen LogP contribution in [0.2, 0.25) is 0 Å². The molecule has 0 saturated carbocycles. The molecule has 2 heteroatoms. The summed E-state index contributed by atoms with van der Waals surface area (Å²) in [5, 5.41) is 9.36. The number of aliphatic imine (C=N–C) groups is 1. The van der Waals surface area contributed by atoms with Crippen LogP contribution < -0.4 is 0 Å². The van der Waals surface area contributed by atoms with Crippen LogP contribution in [0.4, 0.5) is 5.69 Å². The van der Waals surface area contributed by atoms with Crippen LogP contribution in [0.15, 0.2) is 23.2 Å². The third kappa shape index (κ3) is 1.05. The second-order valence-electron chi connectivity index (χ2n) is 4.02. The van der Waals surface area contributed by atoms with Gasteiger partial charge in [0, 0.05) is 11.1 Å². The van der Waals surface area contributed by atoms with Crippen LogP contribution >= 0.6 is 0 Å². The van der Waals surface area contributed by atoms with Crippen LogP contribution in [0.3, 0.4) is 0 Å². The molecule has 0 aliphatic carbocycles. The SMILES string of the molecule is CC1=Nc2ccc(O)cc2C1(C)C. The molecule has 0 fully saturated rings. The van der Waals surface area contributed by atoms with E-state index in [0.717, 1.165) is 17.0 Å². The Labute approximate surface area is 77.9 Å². The lowest BCUT2D eigenvalue weighted by atomic mass is 9.82. The summed E-state index contributed by atoms with van der Waals surface area (Å²) in [4.78, 5) is 4.45. The van der Waals surface area contributed by atoms with Crippen molar-refractivity contribution in [2.45, 2.75) is 26.2 Å². The lowest BCUT2D eigenvalue weighted by Gasteiger charge is -2.19. The van der Waals surface area contributed by atoms with Crippen molar-refractivity contribution in [1.82, 2.24) is 0 Å². The zero-order valence-corrected chi connectivity index (χ0v) is 8.13. The molecule has 0 atom stereocenters. The maximum Gasteiger partial charge on any atom is 0.116 e. The number of phenolic OH excluding ortho intramolecular Hbond substituents is 1. The number of benzene rings is 1. The fraction of sp³-hybridized carbons (Fsp3) is 0.364. The van der Waals surface area contributed by atoms with Crippen LogP contribution in [0, 0.1) is 0 Å². The molecule has 0 saturated heterocycles. The van der Waals surface area contributed by atoms with Crippen molar-refractivity contribution >= 4 is 11.4 Å². The Morgan fingerprint density at radius 1 is 1.31 bits per heavy atom. The number of rotatable bonds is 0. The standard InChI is InChI=1S/C11H13NO/c1-7-11(2,3)9-6-8(13)4-5-10(9)12-7/h4-6,13H,1-3H3. The molecule has 2 rings (SSSR count). The Kier molecular flexibility index (Phi) is 1.50. The second kappa shape index (κ2) is 2.34. The number of phenols is 1. The maximum absolute atomic E-state index is 9.36. The lowest BCUT2D eigenvalue weighted by Crippen LogP contribution is -2.22. The van der Waals surface area contributed by atoms with Crippen LogP contribution in [0.5, 0.6) is 5.75 Å². The minimum atomic E-state index is -0.0337. The van der Waals surface area contributed by atoms with E-state index in [1.54, 1.807) is 12.1 Å². The quantitative estimate of drug-likeness (QED) is 0.646. The fourth-order valence-corrected chi connectivity index (χ4v) is 1.64. The van der Waals surface area contributed by atoms with Crippen molar-refractivity contribution in [2.75, 3.05) is 0 Å². The molecule has 0 aromatic heterocycles. The number of nitrogens with zero attached hydrogens (tertiary/aromatic N) is 1. The Bertz CT molecular complexity index is 391. The Morgan fingerprint density at radius 3 is 2.69 bits per heavy atom. The largest absolute Gasteiger partial charge is 0.508 e. The minimum absolute atomic E-state index is 0.0337. The second-order valence-corrected chi connectivity index (χ2v) is 4.02. The molecule has 13 heavy (non-hydrogen) atoms. The van der Waals surface area contributed by atoms with Crippen molar-refractivity contribution in [2.24, 2.45) is 4.99 Å². The highest BCUT2D eigenvalue weighted by Gasteiger charge is 2.32. The molecule has 0 unspecified atom stereocenters. The van der Waals surface area contributed by atoms with E-state index in [4.69, 9.17) is 0 Å². The zero-order chi connectivity index (χ0) is 9.64. The molecular formula is C11H13NO. The van der Waals surface area contributed by atoms with Crippen molar-refractivity contribution in [3.63, 3.8) is 0 Å². The third-order valence-electron chi connectivity index (χ3n) is 2.85. The van der Waals surface area contributed by atoms with E-state index in [9.17, 15) is 5.11 Å². The molecule has 0 radical (unpaired) electrons. The van der Waals surface area contributed by atoms with Gasteiger partial charge < -0.3 is 5.11 Å². The van der Waals surface area contributed by atoms with Gasteiger partial charge in [-0.2, -0.15) is 0 Å². The maximum atomic E-state index is 9.36. The van der Waals surface area contributed by atoms with Gasteiger partial charge in [-0.3, -0.25) is 4.99 Å². The fourth-order valence-electron chi connectivity index (χ4n) is 1.64. The van der Waals surface area contributed by atoms with Crippen molar-refractivity contribution in [3.05, 3.63) is 23.8 Å². The van der Waals surface area contributed by atoms with Crippen LogP contribution in [0.1, 0.15) is 26.3 Å². The van der Waals surface area contributed by atoms with Gasteiger partial charge in [0.1, 0.15) is 5.75 Å². The van der Waals surface area contributed by atoms with Gasteiger partial charge in [-0.25, -0.2) is 0 Å². The Morgan fingerprint density at radius 2 is 2.00 bits per heavy atom. The van der Waals surface area contributed by atoms with E-state index < -0.39 is 0 Å². The van der Waals surface area contributed by atoms with E-state index in [-0.39, 0.29) is 5.41 Å². The first kappa shape index (κ1) is 8.30. The molecule has 1 aliphatic rings. The lowest BCUT2D eigenvalue weighted by molar-refractivity contribution is 0.473. The molecule has 0 spiro atoms. The van der Waals surface area contributed by atoms with Crippen molar-refractivity contribution in [3.8, 4) is 5.75 Å². The predicted octanol–water partition coefficient (Wildman–Crippen LogP) is 2.78. The van der Waals surface area contributed by atoms with E-state index in [1.807, 2.05) is 13.0 Å². The first-order valence-corrected chi connectivity index (χ1v) is 4.41. The van der Waals surface area contributed by atoms with Gasteiger partial charge in [-0.05, 0) is 30.7 Å². The van der Waals surface area contributed by atoms with Crippen LogP contribution in [-0.2, 0) is 5.41 Å². The van der Waals surface area contributed by atoms with Gasteiger partial charge in [0.2, 0.25) is 0 Å². The monoisotopic (exact) mass is 175 g/mol. The number of fused-ring (bicyclic) bond motifs is 1. The molecule has 1 N–H and O–H groups in total. The van der Waals surface area contributed by atoms with Gasteiger partial charge in [-0.15, -0.1) is 0 Å². The van der Waals surface area contributed by atoms with E-state index in [2.05, 4.69) is 18.8 Å². The highest BCUT2D eigenvalue weighted by atomic mass is 16.3. The summed E-state index contributed by atoms with van der Waals surface area (Å²) in [6.07, 6.45) is 0. The summed E-state index contributed by atoms with van der Waals surface area (Å²) >= 11 is 0. The minimum Gasteiger partial charge on any atom is -0.508 e. The van der Waals surface area contributed by atoms with Gasteiger partial charge in [0.25, 0.3) is 0 Å². The topological polar surface area (TPSA) is 32.6 Å². The Balaban J connectivity index is 2.65. The third-order valence-corrected chi connectivity index (χ3v) is 2.85. The average molecular weight is 175 g/mol. The van der Waals surface area contributed by atoms with Crippen molar-refractivity contribution < 1.29 is 5.11 Å². The normalized spacial score (nSPS) is 18.2. The Hall–Kier alpha value is -1.31. The predicted molar refractivity (Wildman–Crippen MR) is 53.9 cm³/mol. The summed E-state index contributed by atoms with van der Waals surface area (Å²) in [6.45, 7) is 6.27. The summed E-state index contributed by atoms with van der Waals surface area (Å²) in [7, 11) is 0. The molecular weight excluding hydrogens is 162 g/mol. The smallest absolute Gasteiger partial charge is 0.116 e. The summed E-state index contributed by atoms with van der Waals surface area (Å²) in [5.74, 6) is 0.316. The molecule has 0 amide bonds. The van der Waals surface area contributed by atoms with E-state index in [0.29, 0.717) is 5.75 Å². The molecule has 1 aromatic rings. The molecule has 68 valence electrons. The number of hydrogen-bond donors (Lipinski definition) is 1. The first-order valence-electron chi connectivity index (χ1n) is 4.41.